The average molecular weight is 309 g/mol. The van der Waals surface area contributed by atoms with Crippen LogP contribution in [0.25, 0.3) is 11.6 Å². The number of furan rings is 1. The fourth-order valence-corrected chi connectivity index (χ4v) is 2.21. The zero-order valence-electron chi connectivity index (χ0n) is 12.2. The molecule has 2 aromatic heterocycles. The zero-order chi connectivity index (χ0) is 15.4. The number of nitrogens with two attached hydrogens (primary N) is 1. The van der Waals surface area contributed by atoms with Gasteiger partial charge >= 0.3 is 0 Å². The molecule has 0 aliphatic carbocycles. The van der Waals surface area contributed by atoms with Crippen LogP contribution in [0.5, 0.6) is 0 Å². The van der Waals surface area contributed by atoms with Gasteiger partial charge in [-0.15, -0.1) is 10.2 Å². The van der Waals surface area contributed by atoms with Crippen molar-refractivity contribution in [2.24, 2.45) is 5.92 Å². The van der Waals surface area contributed by atoms with Crippen molar-refractivity contribution in [2.75, 3.05) is 11.6 Å². The summed E-state index contributed by atoms with van der Waals surface area (Å²) in [6.45, 7) is 6.10. The summed E-state index contributed by atoms with van der Waals surface area (Å²) < 4.78 is 6.55. The van der Waals surface area contributed by atoms with Crippen molar-refractivity contribution in [3.8, 4) is 11.6 Å². The molecule has 0 spiro atoms. The van der Waals surface area contributed by atoms with E-state index in [-0.39, 0.29) is 17.7 Å². The molecular formula is C13H19N5O2S. The first-order chi connectivity index (χ1) is 9.99. The van der Waals surface area contributed by atoms with E-state index < -0.39 is 0 Å². The summed E-state index contributed by atoms with van der Waals surface area (Å²) in [5.41, 5.74) is 0. The highest BCUT2D eigenvalue weighted by Crippen LogP contribution is 2.21. The Bertz CT molecular complexity index is 594. The van der Waals surface area contributed by atoms with Gasteiger partial charge in [0.1, 0.15) is 0 Å². The molecule has 1 atom stereocenters. The Hall–Kier alpha value is -1.96. The molecular weight excluding hydrogens is 290 g/mol. The minimum absolute atomic E-state index is 0.0521. The summed E-state index contributed by atoms with van der Waals surface area (Å²) in [5.74, 6) is 7.46. The van der Waals surface area contributed by atoms with Crippen LogP contribution in [0.1, 0.15) is 20.8 Å². The van der Waals surface area contributed by atoms with Crippen molar-refractivity contribution < 1.29 is 9.21 Å². The maximum absolute atomic E-state index is 11.8. The number of amides is 1. The first-order valence-corrected chi connectivity index (χ1v) is 7.64. The molecule has 114 valence electrons. The van der Waals surface area contributed by atoms with Gasteiger partial charge < -0.3 is 15.6 Å². The van der Waals surface area contributed by atoms with Gasteiger partial charge in [0, 0.05) is 6.04 Å². The molecule has 21 heavy (non-hydrogen) atoms. The van der Waals surface area contributed by atoms with Gasteiger partial charge in [-0.1, -0.05) is 25.6 Å². The second-order valence-electron chi connectivity index (χ2n) is 5.04. The van der Waals surface area contributed by atoms with E-state index in [9.17, 15) is 4.79 Å². The Morgan fingerprint density at radius 1 is 1.48 bits per heavy atom. The molecule has 0 aliphatic heterocycles. The van der Waals surface area contributed by atoms with E-state index in [1.165, 1.54) is 22.7 Å². The van der Waals surface area contributed by atoms with Crippen molar-refractivity contribution in [3.05, 3.63) is 18.4 Å². The summed E-state index contributed by atoms with van der Waals surface area (Å²) in [6.07, 6.45) is 1.54. The minimum Gasteiger partial charge on any atom is -0.461 e. The monoisotopic (exact) mass is 309 g/mol. The van der Waals surface area contributed by atoms with Crippen molar-refractivity contribution in [2.45, 2.75) is 32.0 Å². The van der Waals surface area contributed by atoms with Gasteiger partial charge in [-0.05, 0) is 25.0 Å². The zero-order valence-corrected chi connectivity index (χ0v) is 13.1. The summed E-state index contributed by atoms with van der Waals surface area (Å²) >= 11 is 1.24. The van der Waals surface area contributed by atoms with E-state index >= 15 is 0 Å². The van der Waals surface area contributed by atoms with E-state index in [1.807, 2.05) is 6.92 Å². The van der Waals surface area contributed by atoms with Crippen LogP contribution in [0.3, 0.4) is 0 Å². The Morgan fingerprint density at radius 3 is 2.86 bits per heavy atom. The van der Waals surface area contributed by atoms with Crippen molar-refractivity contribution >= 4 is 17.7 Å². The SMILES string of the molecule is CC(C)[C@@H](C)NC(=O)CSc1nnc(-c2ccco2)n1N. The fraction of sp³-hybridized carbons (Fsp3) is 0.462. The van der Waals surface area contributed by atoms with Gasteiger partial charge in [0.15, 0.2) is 5.76 Å². The van der Waals surface area contributed by atoms with Crippen LogP contribution >= 0.6 is 11.8 Å². The molecule has 8 heteroatoms. The van der Waals surface area contributed by atoms with Crippen molar-refractivity contribution in [3.63, 3.8) is 0 Å². The van der Waals surface area contributed by atoms with Crippen molar-refractivity contribution in [1.82, 2.24) is 20.2 Å². The van der Waals surface area contributed by atoms with E-state index in [2.05, 4.69) is 29.4 Å². The molecule has 2 aromatic rings. The van der Waals surface area contributed by atoms with Gasteiger partial charge in [-0.25, -0.2) is 4.68 Å². The number of carbonyl (C=O) groups excluding carboxylic acids is 1. The minimum atomic E-state index is -0.0521. The fourth-order valence-electron chi connectivity index (χ4n) is 1.54. The molecule has 0 saturated carbocycles. The quantitative estimate of drug-likeness (QED) is 0.620. The van der Waals surface area contributed by atoms with Crippen LogP contribution in [-0.2, 0) is 4.79 Å². The second kappa shape index (κ2) is 6.66. The first-order valence-electron chi connectivity index (χ1n) is 6.65. The molecule has 0 radical (unpaired) electrons. The van der Waals surface area contributed by atoms with Gasteiger partial charge in [-0.2, -0.15) is 0 Å². The second-order valence-corrected chi connectivity index (χ2v) is 5.98. The molecule has 1 amide bonds. The van der Waals surface area contributed by atoms with Crippen LogP contribution < -0.4 is 11.2 Å². The number of rotatable bonds is 6. The molecule has 0 saturated heterocycles. The number of hydrogen-bond donors (Lipinski definition) is 2. The summed E-state index contributed by atoms with van der Waals surface area (Å²) in [6, 6.07) is 3.63. The number of thioether (sulfide) groups is 1. The lowest BCUT2D eigenvalue weighted by Gasteiger charge is -2.16. The van der Waals surface area contributed by atoms with Gasteiger partial charge in [0.05, 0.1) is 12.0 Å². The highest BCUT2D eigenvalue weighted by molar-refractivity contribution is 7.99. The third-order valence-corrected chi connectivity index (χ3v) is 4.07. The van der Waals surface area contributed by atoms with Crippen LogP contribution in [-0.4, -0.2) is 32.6 Å². The van der Waals surface area contributed by atoms with E-state index in [0.717, 1.165) is 0 Å². The Kier molecular flexibility index (Phi) is 4.89. The molecule has 2 heterocycles. The highest BCUT2D eigenvalue weighted by Gasteiger charge is 2.16. The molecule has 3 N–H and O–H groups in total. The molecule has 0 bridgehead atoms. The number of carbonyl (C=O) groups is 1. The number of aromatic nitrogens is 3. The van der Waals surface area contributed by atoms with Crippen LogP contribution in [0.2, 0.25) is 0 Å². The molecule has 7 nitrogen and oxygen atoms in total. The van der Waals surface area contributed by atoms with Gasteiger partial charge in [0.2, 0.25) is 16.9 Å². The van der Waals surface area contributed by atoms with Crippen LogP contribution in [0.15, 0.2) is 28.0 Å². The van der Waals surface area contributed by atoms with E-state index in [1.54, 1.807) is 12.1 Å². The lowest BCUT2D eigenvalue weighted by molar-refractivity contribution is -0.119. The maximum Gasteiger partial charge on any atom is 0.230 e. The maximum atomic E-state index is 11.8. The third-order valence-electron chi connectivity index (χ3n) is 3.13. The van der Waals surface area contributed by atoms with E-state index in [4.69, 9.17) is 10.3 Å². The average Bonchev–Trinajstić information content (AvgIpc) is 3.05. The van der Waals surface area contributed by atoms with Crippen LogP contribution in [0.4, 0.5) is 0 Å². The summed E-state index contributed by atoms with van der Waals surface area (Å²) in [4.78, 5) is 11.8. The number of nitrogen functional groups attached to an aromatic ring is 1. The third kappa shape index (κ3) is 3.78. The topological polar surface area (TPSA) is 99.0 Å². The predicted octanol–water partition coefficient (Wildman–Crippen LogP) is 1.50. The number of hydrogen-bond acceptors (Lipinski definition) is 6. The molecule has 2 rings (SSSR count). The van der Waals surface area contributed by atoms with Crippen LogP contribution in [0, 0.1) is 5.92 Å². The summed E-state index contributed by atoms with van der Waals surface area (Å²) in [5, 5.41) is 11.3. The molecule has 0 aromatic carbocycles. The standard InChI is InChI=1S/C13H19N5O2S/c1-8(2)9(3)15-11(19)7-21-13-17-16-12(18(13)14)10-5-4-6-20-10/h4-6,8-9H,7,14H2,1-3H3,(H,15,19)/t9-/m1/s1. The largest absolute Gasteiger partial charge is 0.461 e. The summed E-state index contributed by atoms with van der Waals surface area (Å²) in [7, 11) is 0. The number of nitrogens with one attached hydrogen (secondary N) is 1. The lowest BCUT2D eigenvalue weighted by atomic mass is 10.1. The lowest BCUT2D eigenvalue weighted by Crippen LogP contribution is -2.37. The molecule has 0 aliphatic rings. The predicted molar refractivity (Wildman–Crippen MR) is 81.0 cm³/mol. The molecule has 0 unspecified atom stereocenters. The van der Waals surface area contributed by atoms with Gasteiger partial charge in [-0.3, -0.25) is 4.79 Å². The Balaban J connectivity index is 1.94. The molecule has 0 fully saturated rings. The van der Waals surface area contributed by atoms with Crippen molar-refractivity contribution in [1.29, 1.82) is 0 Å². The van der Waals surface area contributed by atoms with Gasteiger partial charge in [0.25, 0.3) is 0 Å². The van der Waals surface area contributed by atoms with E-state index in [0.29, 0.717) is 22.7 Å². The smallest absolute Gasteiger partial charge is 0.230 e. The number of nitrogens with zero attached hydrogens (tertiary/aromatic N) is 3. The first kappa shape index (κ1) is 15.4. The Labute approximate surface area is 127 Å². The highest BCUT2D eigenvalue weighted by atomic mass is 32.2. The normalized spacial score (nSPS) is 12.6. The Morgan fingerprint density at radius 2 is 2.24 bits per heavy atom.